The van der Waals surface area contributed by atoms with Crippen LogP contribution in [-0.2, 0) is 16.1 Å². The predicted molar refractivity (Wildman–Crippen MR) is 117 cm³/mol. The number of urea groups is 1. The molecular formula is C25H29N3O3. The van der Waals surface area contributed by atoms with E-state index in [1.54, 1.807) is 4.90 Å². The van der Waals surface area contributed by atoms with Crippen molar-refractivity contribution >= 4 is 11.9 Å². The Labute approximate surface area is 183 Å². The summed E-state index contributed by atoms with van der Waals surface area (Å²) in [5, 5.41) is 0. The molecule has 1 unspecified atom stereocenters. The van der Waals surface area contributed by atoms with Gasteiger partial charge in [-0.05, 0) is 47.4 Å². The summed E-state index contributed by atoms with van der Waals surface area (Å²) >= 11 is 0. The first-order chi connectivity index (χ1) is 15.1. The molecular weight excluding hydrogens is 390 g/mol. The largest absolute Gasteiger partial charge is 0.381 e. The zero-order chi connectivity index (χ0) is 21.4. The predicted octanol–water partition coefficient (Wildman–Crippen LogP) is 3.41. The fraction of sp³-hybridized carbons (Fsp3) is 0.440. The summed E-state index contributed by atoms with van der Waals surface area (Å²) < 4.78 is 5.38. The summed E-state index contributed by atoms with van der Waals surface area (Å²) in [6.45, 7) is 3.46. The maximum Gasteiger partial charge on any atom is 0.315 e. The van der Waals surface area contributed by atoms with E-state index in [1.165, 1.54) is 5.56 Å². The molecule has 2 aromatic rings. The van der Waals surface area contributed by atoms with Crippen LogP contribution in [0.1, 0.15) is 53.5 Å². The minimum atomic E-state index is -0.394. The van der Waals surface area contributed by atoms with Crippen LogP contribution >= 0.6 is 0 Å². The molecule has 6 heteroatoms. The Morgan fingerprint density at radius 3 is 2.32 bits per heavy atom. The van der Waals surface area contributed by atoms with Gasteiger partial charge < -0.3 is 20.3 Å². The Morgan fingerprint density at radius 1 is 0.935 bits per heavy atom. The van der Waals surface area contributed by atoms with E-state index in [1.807, 2.05) is 17.0 Å². The fourth-order valence-corrected chi connectivity index (χ4v) is 5.32. The first-order valence-electron chi connectivity index (χ1n) is 11.2. The number of hydrogen-bond acceptors (Lipinski definition) is 3. The van der Waals surface area contributed by atoms with Crippen molar-refractivity contribution in [1.29, 1.82) is 0 Å². The number of rotatable bonds is 3. The number of likely N-dealkylation sites (tertiary alicyclic amines) is 1. The molecule has 3 heterocycles. The van der Waals surface area contributed by atoms with Crippen LogP contribution in [0, 0.1) is 5.92 Å². The van der Waals surface area contributed by atoms with Gasteiger partial charge in [0.2, 0.25) is 5.91 Å². The van der Waals surface area contributed by atoms with E-state index in [4.69, 9.17) is 10.5 Å². The highest BCUT2D eigenvalue weighted by Gasteiger charge is 2.34. The number of primary amides is 1. The highest BCUT2D eigenvalue weighted by molar-refractivity contribution is 5.79. The van der Waals surface area contributed by atoms with Crippen molar-refractivity contribution < 1.29 is 14.3 Å². The molecule has 162 valence electrons. The van der Waals surface area contributed by atoms with Crippen molar-refractivity contribution in [3.05, 3.63) is 70.8 Å². The first kappa shape index (κ1) is 20.1. The van der Waals surface area contributed by atoms with Gasteiger partial charge in [-0.2, -0.15) is 0 Å². The number of piperidine rings is 1. The van der Waals surface area contributed by atoms with Gasteiger partial charge in [0.15, 0.2) is 0 Å². The van der Waals surface area contributed by atoms with Crippen LogP contribution in [0.25, 0.3) is 0 Å². The van der Waals surface area contributed by atoms with Gasteiger partial charge in [0.25, 0.3) is 0 Å². The summed E-state index contributed by atoms with van der Waals surface area (Å²) in [6.07, 6.45) is 2.82. The summed E-state index contributed by atoms with van der Waals surface area (Å²) in [6, 6.07) is 16.3. The maximum atomic E-state index is 12.6. The van der Waals surface area contributed by atoms with Crippen molar-refractivity contribution in [2.75, 3.05) is 26.3 Å². The lowest BCUT2D eigenvalue weighted by Gasteiger charge is -2.33. The fourth-order valence-electron chi connectivity index (χ4n) is 5.32. The van der Waals surface area contributed by atoms with Crippen molar-refractivity contribution in [3.8, 4) is 0 Å². The molecule has 3 aliphatic rings. The number of nitrogens with two attached hydrogens (primary N) is 1. The molecule has 2 fully saturated rings. The Hall–Kier alpha value is -2.86. The SMILES string of the molecule is NC(=O)N1Cc2ccccc2C1c1ccc(C2CCN(C(=O)[C@@H]3CCOC3)CC2)cc1. The zero-order valence-electron chi connectivity index (χ0n) is 17.7. The second-order valence-corrected chi connectivity index (χ2v) is 8.89. The van der Waals surface area contributed by atoms with Crippen LogP contribution in [0.5, 0.6) is 0 Å². The second kappa shape index (κ2) is 8.35. The minimum Gasteiger partial charge on any atom is -0.381 e. The van der Waals surface area contributed by atoms with Crippen molar-refractivity contribution in [2.24, 2.45) is 11.7 Å². The molecule has 3 aliphatic heterocycles. The maximum absolute atomic E-state index is 12.6. The number of hydrogen-bond donors (Lipinski definition) is 1. The van der Waals surface area contributed by atoms with E-state index in [-0.39, 0.29) is 17.9 Å². The molecule has 5 rings (SSSR count). The zero-order valence-corrected chi connectivity index (χ0v) is 17.7. The molecule has 2 aromatic carbocycles. The quantitative estimate of drug-likeness (QED) is 0.828. The molecule has 0 aromatic heterocycles. The van der Waals surface area contributed by atoms with Gasteiger partial charge in [-0.25, -0.2) is 4.79 Å². The molecule has 31 heavy (non-hydrogen) atoms. The average Bonchev–Trinajstić information content (AvgIpc) is 3.47. The van der Waals surface area contributed by atoms with Crippen molar-refractivity contribution in [2.45, 2.75) is 37.8 Å². The van der Waals surface area contributed by atoms with E-state index in [0.717, 1.165) is 49.0 Å². The Kier molecular flexibility index (Phi) is 5.40. The summed E-state index contributed by atoms with van der Waals surface area (Å²) in [5.41, 5.74) is 10.4. The lowest BCUT2D eigenvalue weighted by atomic mass is 9.87. The van der Waals surface area contributed by atoms with E-state index in [2.05, 4.69) is 36.4 Å². The molecule has 0 spiro atoms. The van der Waals surface area contributed by atoms with Gasteiger partial charge in [-0.15, -0.1) is 0 Å². The van der Waals surface area contributed by atoms with E-state index < -0.39 is 6.03 Å². The topological polar surface area (TPSA) is 75.9 Å². The lowest BCUT2D eigenvalue weighted by Crippen LogP contribution is -2.41. The Balaban J connectivity index is 1.27. The van der Waals surface area contributed by atoms with Crippen molar-refractivity contribution in [3.63, 3.8) is 0 Å². The normalized spacial score (nSPS) is 23.7. The lowest BCUT2D eigenvalue weighted by molar-refractivity contribution is -0.136. The summed E-state index contributed by atoms with van der Waals surface area (Å²) in [4.78, 5) is 28.4. The molecule has 0 aliphatic carbocycles. The molecule has 6 nitrogen and oxygen atoms in total. The number of benzene rings is 2. The Bertz CT molecular complexity index is 960. The Morgan fingerprint density at radius 2 is 1.65 bits per heavy atom. The molecule has 0 saturated carbocycles. The first-order valence-corrected chi connectivity index (χ1v) is 11.2. The highest BCUT2D eigenvalue weighted by Crippen LogP contribution is 2.39. The van der Waals surface area contributed by atoms with E-state index in [0.29, 0.717) is 25.7 Å². The van der Waals surface area contributed by atoms with Gasteiger partial charge in [0.1, 0.15) is 0 Å². The van der Waals surface area contributed by atoms with Crippen LogP contribution in [0.15, 0.2) is 48.5 Å². The van der Waals surface area contributed by atoms with Crippen molar-refractivity contribution in [1.82, 2.24) is 9.80 Å². The van der Waals surface area contributed by atoms with Crippen LogP contribution in [-0.4, -0.2) is 48.0 Å². The molecule has 0 bridgehead atoms. The van der Waals surface area contributed by atoms with Gasteiger partial charge in [-0.1, -0.05) is 48.5 Å². The average molecular weight is 420 g/mol. The number of carbonyl (C=O) groups excluding carboxylic acids is 2. The van der Waals surface area contributed by atoms with Gasteiger partial charge in [0, 0.05) is 26.2 Å². The van der Waals surface area contributed by atoms with Gasteiger partial charge in [0.05, 0.1) is 18.6 Å². The second-order valence-electron chi connectivity index (χ2n) is 8.89. The van der Waals surface area contributed by atoms with Gasteiger partial charge in [-0.3, -0.25) is 4.79 Å². The summed E-state index contributed by atoms with van der Waals surface area (Å²) in [5.74, 6) is 0.775. The smallest absolute Gasteiger partial charge is 0.315 e. The number of amides is 3. The minimum absolute atomic E-state index is 0.0540. The van der Waals surface area contributed by atoms with Crippen LogP contribution in [0.2, 0.25) is 0 Å². The standard InChI is InChI=1S/C25H29N3O3/c26-25(30)28-15-20-3-1-2-4-22(20)23(28)19-7-5-17(6-8-19)18-9-12-27(13-10-18)24(29)21-11-14-31-16-21/h1-8,18,21,23H,9-16H2,(H2,26,30)/t21-,23?/m1/s1. The highest BCUT2D eigenvalue weighted by atomic mass is 16.5. The van der Waals surface area contributed by atoms with E-state index in [9.17, 15) is 9.59 Å². The third kappa shape index (κ3) is 3.81. The van der Waals surface area contributed by atoms with Crippen LogP contribution in [0.3, 0.4) is 0 Å². The van der Waals surface area contributed by atoms with Crippen LogP contribution in [0.4, 0.5) is 4.79 Å². The number of carbonyl (C=O) groups is 2. The third-order valence-electron chi connectivity index (χ3n) is 7.09. The monoisotopic (exact) mass is 419 g/mol. The van der Waals surface area contributed by atoms with E-state index >= 15 is 0 Å². The molecule has 2 N–H and O–H groups in total. The number of ether oxygens (including phenoxy) is 1. The third-order valence-corrected chi connectivity index (χ3v) is 7.09. The number of fused-ring (bicyclic) bond motifs is 1. The molecule has 2 atom stereocenters. The van der Waals surface area contributed by atoms with Gasteiger partial charge >= 0.3 is 6.03 Å². The molecule has 2 saturated heterocycles. The van der Waals surface area contributed by atoms with Crippen LogP contribution < -0.4 is 5.73 Å². The molecule has 3 amide bonds. The summed E-state index contributed by atoms with van der Waals surface area (Å²) in [7, 11) is 0. The molecule has 0 radical (unpaired) electrons. The number of nitrogens with zero attached hydrogens (tertiary/aromatic N) is 2.